The van der Waals surface area contributed by atoms with Crippen LogP contribution in [0.25, 0.3) is 0 Å². The van der Waals surface area contributed by atoms with E-state index in [4.69, 9.17) is 30.8 Å². The molecule has 2 atom stereocenters. The van der Waals surface area contributed by atoms with Crippen LogP contribution in [-0.4, -0.2) is 23.5 Å². The summed E-state index contributed by atoms with van der Waals surface area (Å²) in [6.07, 6.45) is 4.46. The lowest BCUT2D eigenvalue weighted by molar-refractivity contribution is 0.388. The molecule has 0 radical (unpaired) electrons. The first-order valence-electron chi connectivity index (χ1n) is 9.92. The third-order valence-corrected chi connectivity index (χ3v) is 7.19. The normalized spacial score (nSPS) is 27.1. The molecule has 0 bridgehead atoms. The molecule has 0 aromatic heterocycles. The van der Waals surface area contributed by atoms with E-state index in [1.807, 2.05) is 62.4 Å². The third kappa shape index (κ3) is 4.76. The average Bonchev–Trinajstić information content (AvgIpc) is 2.69. The quantitative estimate of drug-likeness (QED) is 0.386. The van der Waals surface area contributed by atoms with Gasteiger partial charge in [-0.2, -0.15) is 0 Å². The van der Waals surface area contributed by atoms with E-state index in [9.17, 15) is 0 Å². The number of rotatable bonds is 0. The van der Waals surface area contributed by atoms with Crippen molar-refractivity contribution in [3.05, 3.63) is 59.7 Å². The molecule has 0 N–H and O–H groups in total. The minimum Gasteiger partial charge on any atom is -0.428 e. The fourth-order valence-corrected chi connectivity index (χ4v) is 5.85. The van der Waals surface area contributed by atoms with Gasteiger partial charge in [-0.1, -0.05) is 49.4 Å². The maximum absolute atomic E-state index is 6.14. The number of fused-ring (bicyclic) bond motifs is 3. The van der Waals surface area contributed by atoms with Crippen LogP contribution in [0, 0.1) is 0 Å². The monoisotopic (exact) mass is 444 g/mol. The SMILES string of the molecule is CC1=N[C@H]2CCCC[C@@H]2N=C(C)c2ccccc2OP(=S)(S)Oc2ccccc21. The van der Waals surface area contributed by atoms with E-state index in [0.717, 1.165) is 35.4 Å². The summed E-state index contributed by atoms with van der Waals surface area (Å²) in [7, 11) is 0. The predicted molar refractivity (Wildman–Crippen MR) is 128 cm³/mol. The Bertz CT molecular complexity index is 944. The zero-order valence-electron chi connectivity index (χ0n) is 16.6. The van der Waals surface area contributed by atoms with Gasteiger partial charge in [-0.25, -0.2) is 0 Å². The molecule has 0 unspecified atom stereocenters. The van der Waals surface area contributed by atoms with Crippen LogP contribution in [0.15, 0.2) is 58.5 Å². The molecule has 2 aromatic rings. The Balaban J connectivity index is 1.88. The third-order valence-electron chi connectivity index (χ3n) is 5.39. The Morgan fingerprint density at radius 1 is 0.828 bits per heavy atom. The number of aliphatic imine (C=N–C) groups is 2. The highest BCUT2D eigenvalue weighted by atomic mass is 32.9. The summed E-state index contributed by atoms with van der Waals surface area (Å²) in [5.74, 6) is 1.32. The molecule has 1 saturated carbocycles. The highest BCUT2D eigenvalue weighted by Crippen LogP contribution is 2.54. The second-order valence-electron chi connectivity index (χ2n) is 7.49. The van der Waals surface area contributed by atoms with Crippen LogP contribution in [-0.2, 0) is 11.8 Å². The molecule has 1 fully saturated rings. The summed E-state index contributed by atoms with van der Waals surface area (Å²) in [5, 5.41) is 0. The summed E-state index contributed by atoms with van der Waals surface area (Å²) >= 11 is 10.2. The first kappa shape index (κ1) is 20.6. The van der Waals surface area contributed by atoms with Crippen LogP contribution in [0.5, 0.6) is 11.5 Å². The average molecular weight is 445 g/mol. The van der Waals surface area contributed by atoms with Gasteiger partial charge in [-0.05, 0) is 62.8 Å². The summed E-state index contributed by atoms with van der Waals surface area (Å²) in [6.45, 7) is 4.06. The number of nitrogens with zero attached hydrogens (tertiary/aromatic N) is 2. The van der Waals surface area contributed by atoms with E-state index in [-0.39, 0.29) is 12.1 Å². The molecule has 4 rings (SSSR count). The van der Waals surface area contributed by atoms with Crippen LogP contribution in [0.4, 0.5) is 0 Å². The number of hydrogen-bond acceptors (Lipinski definition) is 5. The first-order chi connectivity index (χ1) is 13.9. The standard InChI is InChI=1S/C22H25N2O2PS2/c1-15-17-9-3-7-13-21(17)25-27(28,29)26-22-14-8-4-10-18(22)16(2)24-20-12-6-5-11-19(20)23-15/h3-4,7-10,13-14,19-20H,5-6,11-12H2,1-2H3,(H,28,29)/t19-,20-/m0/s1. The summed E-state index contributed by atoms with van der Waals surface area (Å²) in [6, 6.07) is 16.0. The molecule has 1 aliphatic carbocycles. The van der Waals surface area contributed by atoms with Gasteiger partial charge in [0.15, 0.2) is 0 Å². The van der Waals surface area contributed by atoms with Gasteiger partial charge in [-0.15, -0.1) is 0 Å². The Morgan fingerprint density at radius 2 is 1.24 bits per heavy atom. The molecule has 7 heteroatoms. The Hall–Kier alpha value is -1.62. The summed E-state index contributed by atoms with van der Waals surface area (Å²) in [4.78, 5) is 10.2. The zero-order valence-corrected chi connectivity index (χ0v) is 19.2. The molecule has 0 amide bonds. The Morgan fingerprint density at radius 3 is 1.69 bits per heavy atom. The minimum absolute atomic E-state index is 0.166. The van der Waals surface area contributed by atoms with Gasteiger partial charge in [0, 0.05) is 22.6 Å². The molecule has 4 nitrogen and oxygen atoms in total. The highest BCUT2D eigenvalue weighted by Gasteiger charge is 2.27. The van der Waals surface area contributed by atoms with Crippen LogP contribution < -0.4 is 9.05 Å². The van der Waals surface area contributed by atoms with Crippen molar-refractivity contribution in [1.82, 2.24) is 0 Å². The molecule has 0 spiro atoms. The second-order valence-corrected chi connectivity index (χ2v) is 12.6. The van der Waals surface area contributed by atoms with E-state index < -0.39 is 5.69 Å². The number of benzene rings is 2. The van der Waals surface area contributed by atoms with Crippen molar-refractivity contribution in [3.8, 4) is 11.5 Å². The summed E-state index contributed by atoms with van der Waals surface area (Å²) < 4.78 is 12.3. The number of hydrogen-bond donors (Lipinski definition) is 1. The fraction of sp³-hybridized carbons (Fsp3) is 0.364. The molecule has 29 heavy (non-hydrogen) atoms. The van der Waals surface area contributed by atoms with Crippen LogP contribution in [0.2, 0.25) is 0 Å². The van der Waals surface area contributed by atoms with Crippen LogP contribution in [0.1, 0.15) is 50.7 Å². The van der Waals surface area contributed by atoms with Crippen molar-refractivity contribution in [3.63, 3.8) is 0 Å². The Labute approximate surface area is 182 Å². The van der Waals surface area contributed by atoms with Crippen molar-refractivity contribution in [1.29, 1.82) is 0 Å². The van der Waals surface area contributed by atoms with Gasteiger partial charge in [0.25, 0.3) is 0 Å². The maximum atomic E-state index is 6.14. The van der Waals surface area contributed by atoms with Crippen LogP contribution in [0.3, 0.4) is 0 Å². The van der Waals surface area contributed by atoms with Gasteiger partial charge in [0.2, 0.25) is 0 Å². The lowest BCUT2D eigenvalue weighted by Crippen LogP contribution is -2.29. The van der Waals surface area contributed by atoms with Gasteiger partial charge in [0.1, 0.15) is 11.5 Å². The van der Waals surface area contributed by atoms with Gasteiger partial charge in [-0.3, -0.25) is 9.98 Å². The van der Waals surface area contributed by atoms with E-state index in [0.29, 0.717) is 11.5 Å². The minimum atomic E-state index is -2.88. The smallest absolute Gasteiger partial charge is 0.345 e. The molecule has 1 aliphatic heterocycles. The van der Waals surface area contributed by atoms with Crippen molar-refractivity contribution >= 4 is 41.2 Å². The highest BCUT2D eigenvalue weighted by molar-refractivity contribution is 8.60. The number of para-hydroxylation sites is 2. The van der Waals surface area contributed by atoms with Crippen molar-refractivity contribution in [2.75, 3.05) is 0 Å². The van der Waals surface area contributed by atoms with Crippen molar-refractivity contribution in [2.45, 2.75) is 51.6 Å². The van der Waals surface area contributed by atoms with Gasteiger partial charge in [0.05, 0.1) is 12.1 Å². The predicted octanol–water partition coefficient (Wildman–Crippen LogP) is 6.24. The van der Waals surface area contributed by atoms with Gasteiger partial charge >= 0.3 is 5.69 Å². The topological polar surface area (TPSA) is 43.2 Å². The van der Waals surface area contributed by atoms with Gasteiger partial charge < -0.3 is 9.05 Å². The van der Waals surface area contributed by atoms with E-state index in [1.54, 1.807) is 0 Å². The number of thiol groups is 1. The van der Waals surface area contributed by atoms with Crippen molar-refractivity contribution in [2.24, 2.45) is 9.98 Å². The molecule has 152 valence electrons. The van der Waals surface area contributed by atoms with E-state index >= 15 is 0 Å². The van der Waals surface area contributed by atoms with Crippen LogP contribution >= 0.6 is 17.9 Å². The second kappa shape index (κ2) is 8.63. The molecular weight excluding hydrogens is 419 g/mol. The summed E-state index contributed by atoms with van der Waals surface area (Å²) in [5.41, 5.74) is 0.842. The molecular formula is C22H25N2O2PS2. The molecule has 0 saturated heterocycles. The molecule has 2 aliphatic rings. The van der Waals surface area contributed by atoms with E-state index in [2.05, 4.69) is 12.2 Å². The maximum Gasteiger partial charge on any atom is 0.345 e. The largest absolute Gasteiger partial charge is 0.428 e. The lowest BCUT2D eigenvalue weighted by Gasteiger charge is -2.27. The zero-order chi connectivity index (χ0) is 20.4. The van der Waals surface area contributed by atoms with E-state index in [1.165, 1.54) is 12.8 Å². The Kier molecular flexibility index (Phi) is 6.14. The lowest BCUT2D eigenvalue weighted by atomic mass is 9.90. The molecule has 1 heterocycles. The molecule has 2 aromatic carbocycles. The first-order valence-corrected chi connectivity index (χ1v) is 13.7. The fourth-order valence-electron chi connectivity index (χ4n) is 3.99. The van der Waals surface area contributed by atoms with Crippen molar-refractivity contribution < 1.29 is 9.05 Å².